The van der Waals surface area contributed by atoms with Crippen molar-refractivity contribution in [2.45, 2.75) is 13.8 Å². The zero-order chi connectivity index (χ0) is 13.9. The summed E-state index contributed by atoms with van der Waals surface area (Å²) in [5, 5.41) is 0. The molecule has 0 unspecified atom stereocenters. The van der Waals surface area contributed by atoms with Crippen molar-refractivity contribution < 1.29 is 0 Å². The molecule has 0 aliphatic rings. The summed E-state index contributed by atoms with van der Waals surface area (Å²) in [6.07, 6.45) is 0. The number of nitrogens with zero attached hydrogens (tertiary/aromatic N) is 3. The van der Waals surface area contributed by atoms with Crippen LogP contribution in [0.15, 0.2) is 54.6 Å². The van der Waals surface area contributed by atoms with Crippen LogP contribution in [-0.4, -0.2) is 15.0 Å². The van der Waals surface area contributed by atoms with E-state index in [9.17, 15) is 0 Å². The molecule has 3 aromatic rings. The highest BCUT2D eigenvalue weighted by Crippen LogP contribution is 2.22. The Morgan fingerprint density at radius 3 is 1.65 bits per heavy atom. The van der Waals surface area contributed by atoms with E-state index in [-0.39, 0.29) is 0 Å². The lowest BCUT2D eigenvalue weighted by Gasteiger charge is -2.05. The zero-order valence-electron chi connectivity index (χ0n) is 11.5. The van der Waals surface area contributed by atoms with E-state index in [4.69, 9.17) is 0 Å². The molecule has 0 radical (unpaired) electrons. The Balaban J connectivity index is 1.97. The molecule has 0 saturated heterocycles. The van der Waals surface area contributed by atoms with Crippen LogP contribution in [0, 0.1) is 13.8 Å². The van der Waals surface area contributed by atoms with Gasteiger partial charge in [-0.15, -0.1) is 0 Å². The summed E-state index contributed by atoms with van der Waals surface area (Å²) < 4.78 is 0. The Morgan fingerprint density at radius 2 is 1.05 bits per heavy atom. The molecule has 0 N–H and O–H groups in total. The molecule has 0 atom stereocenters. The normalized spacial score (nSPS) is 10.5. The van der Waals surface area contributed by atoms with Crippen LogP contribution in [0.25, 0.3) is 22.5 Å². The van der Waals surface area contributed by atoms with Gasteiger partial charge in [0.25, 0.3) is 0 Å². The van der Waals surface area contributed by atoms with Gasteiger partial charge in [0.2, 0.25) is 0 Å². The molecule has 2 aromatic carbocycles. The number of aromatic nitrogens is 3. The van der Waals surface area contributed by atoms with Crippen molar-refractivity contribution in [1.82, 2.24) is 15.0 Å². The Labute approximate surface area is 118 Å². The van der Waals surface area contributed by atoms with Crippen LogP contribution in [0.2, 0.25) is 0 Å². The van der Waals surface area contributed by atoms with Gasteiger partial charge in [-0.1, -0.05) is 54.6 Å². The van der Waals surface area contributed by atoms with Gasteiger partial charge < -0.3 is 0 Å². The Kier molecular flexibility index (Phi) is 3.25. The molecule has 1 heterocycles. The second kappa shape index (κ2) is 5.21. The number of hydrogen-bond acceptors (Lipinski definition) is 3. The maximum absolute atomic E-state index is 4.38. The molecule has 3 nitrogen and oxygen atoms in total. The first kappa shape index (κ1) is 12.5. The first-order valence-corrected chi connectivity index (χ1v) is 6.57. The van der Waals surface area contributed by atoms with Crippen LogP contribution in [-0.2, 0) is 0 Å². The van der Waals surface area contributed by atoms with E-state index < -0.39 is 0 Å². The van der Waals surface area contributed by atoms with Gasteiger partial charge in [-0.25, -0.2) is 15.0 Å². The summed E-state index contributed by atoms with van der Waals surface area (Å²) >= 11 is 0. The fourth-order valence-electron chi connectivity index (χ4n) is 2.19. The second-order valence-electron chi connectivity index (χ2n) is 4.70. The molecule has 1 aromatic heterocycles. The Bertz CT molecular complexity index is 699. The van der Waals surface area contributed by atoms with E-state index in [0.717, 1.165) is 23.0 Å². The lowest BCUT2D eigenvalue weighted by molar-refractivity contribution is 0.928. The van der Waals surface area contributed by atoms with Crippen LogP contribution in [0.3, 0.4) is 0 Å². The average Bonchev–Trinajstić information content (AvgIpc) is 2.47. The molecule has 20 heavy (non-hydrogen) atoms. The molecule has 3 heteroatoms. The van der Waals surface area contributed by atoms with Crippen molar-refractivity contribution in [2.24, 2.45) is 0 Å². The van der Waals surface area contributed by atoms with Gasteiger partial charge in [0, 0.05) is 5.56 Å². The van der Waals surface area contributed by atoms with Crippen molar-refractivity contribution in [1.29, 1.82) is 0 Å². The van der Waals surface area contributed by atoms with E-state index in [1.165, 1.54) is 11.1 Å². The van der Waals surface area contributed by atoms with Crippen LogP contribution in [0.5, 0.6) is 0 Å². The molecular weight excluding hydrogens is 246 g/mol. The van der Waals surface area contributed by atoms with Crippen molar-refractivity contribution in [3.63, 3.8) is 0 Å². The molecule has 0 aliphatic heterocycles. The Morgan fingerprint density at radius 1 is 0.550 bits per heavy atom. The van der Waals surface area contributed by atoms with Gasteiger partial charge in [0.1, 0.15) is 11.6 Å². The van der Waals surface area contributed by atoms with Gasteiger partial charge in [0.05, 0.1) is 0 Å². The maximum atomic E-state index is 4.38. The predicted octanol–water partition coefficient (Wildman–Crippen LogP) is 3.82. The molecule has 3 rings (SSSR count). The molecule has 0 bridgehead atoms. The smallest absolute Gasteiger partial charge is 0.163 e. The summed E-state index contributed by atoms with van der Waals surface area (Å²) in [5.41, 5.74) is 3.41. The third-order valence-corrected chi connectivity index (χ3v) is 3.11. The van der Waals surface area contributed by atoms with Crippen LogP contribution in [0.1, 0.15) is 11.6 Å². The minimum atomic E-state index is 0.731. The summed E-state index contributed by atoms with van der Waals surface area (Å²) in [6, 6.07) is 18.6. The largest absolute Gasteiger partial charge is 0.219 e. The average molecular weight is 261 g/mol. The molecule has 0 fully saturated rings. The number of benzene rings is 2. The van der Waals surface area contributed by atoms with Crippen molar-refractivity contribution >= 4 is 0 Å². The van der Waals surface area contributed by atoms with Crippen molar-refractivity contribution in [3.05, 3.63) is 66.2 Å². The van der Waals surface area contributed by atoms with Gasteiger partial charge >= 0.3 is 0 Å². The van der Waals surface area contributed by atoms with Crippen molar-refractivity contribution in [2.75, 3.05) is 0 Å². The first-order chi connectivity index (χ1) is 9.72. The fourth-order valence-corrected chi connectivity index (χ4v) is 2.19. The van der Waals surface area contributed by atoms with Gasteiger partial charge in [-0.2, -0.15) is 0 Å². The van der Waals surface area contributed by atoms with Gasteiger partial charge in [-0.05, 0) is 25.0 Å². The summed E-state index contributed by atoms with van der Waals surface area (Å²) in [5.74, 6) is 2.23. The third-order valence-electron chi connectivity index (χ3n) is 3.11. The minimum absolute atomic E-state index is 0.731. The van der Waals surface area contributed by atoms with Crippen LogP contribution >= 0.6 is 0 Å². The standard InChI is InChI=1S/C17H15N3/c1-12-18-13(2)20-17(19-12)16-10-8-15(9-11-16)14-6-4-3-5-7-14/h3-11H,1-2H3. The highest BCUT2D eigenvalue weighted by Gasteiger charge is 2.04. The summed E-state index contributed by atoms with van der Waals surface area (Å²) in [7, 11) is 0. The predicted molar refractivity (Wildman–Crippen MR) is 80.2 cm³/mol. The Hall–Kier alpha value is -2.55. The molecule has 98 valence electrons. The summed E-state index contributed by atoms with van der Waals surface area (Å²) in [6.45, 7) is 3.77. The molecular formula is C17H15N3. The monoisotopic (exact) mass is 261 g/mol. The first-order valence-electron chi connectivity index (χ1n) is 6.57. The van der Waals surface area contributed by atoms with Crippen LogP contribution < -0.4 is 0 Å². The lowest BCUT2D eigenvalue weighted by Crippen LogP contribution is -1.98. The highest BCUT2D eigenvalue weighted by molar-refractivity contribution is 5.67. The number of aryl methyl sites for hydroxylation is 2. The fraction of sp³-hybridized carbons (Fsp3) is 0.118. The quantitative estimate of drug-likeness (QED) is 0.704. The van der Waals surface area contributed by atoms with Crippen molar-refractivity contribution in [3.8, 4) is 22.5 Å². The van der Waals surface area contributed by atoms with Crippen LogP contribution in [0.4, 0.5) is 0 Å². The van der Waals surface area contributed by atoms with E-state index in [2.05, 4.69) is 51.4 Å². The second-order valence-corrected chi connectivity index (χ2v) is 4.70. The molecule has 0 spiro atoms. The third kappa shape index (κ3) is 2.57. The summed E-state index contributed by atoms with van der Waals surface area (Å²) in [4.78, 5) is 13.0. The lowest BCUT2D eigenvalue weighted by atomic mass is 10.0. The molecule has 0 amide bonds. The number of rotatable bonds is 2. The van der Waals surface area contributed by atoms with Gasteiger partial charge in [0.15, 0.2) is 5.82 Å². The van der Waals surface area contributed by atoms with E-state index in [1.807, 2.05) is 32.0 Å². The SMILES string of the molecule is Cc1nc(C)nc(-c2ccc(-c3ccccc3)cc2)n1. The molecule has 0 saturated carbocycles. The van der Waals surface area contributed by atoms with E-state index in [0.29, 0.717) is 0 Å². The molecule has 0 aliphatic carbocycles. The maximum Gasteiger partial charge on any atom is 0.163 e. The van der Waals surface area contributed by atoms with E-state index >= 15 is 0 Å². The zero-order valence-corrected chi connectivity index (χ0v) is 11.5. The van der Waals surface area contributed by atoms with E-state index in [1.54, 1.807) is 0 Å². The topological polar surface area (TPSA) is 38.7 Å². The number of hydrogen-bond donors (Lipinski definition) is 0. The minimum Gasteiger partial charge on any atom is -0.219 e. The van der Waals surface area contributed by atoms with Gasteiger partial charge in [-0.3, -0.25) is 0 Å². The highest BCUT2D eigenvalue weighted by atomic mass is 15.0.